The molecule has 0 saturated carbocycles. The number of nitrogens with zero attached hydrogens (tertiary/aromatic N) is 1. The Morgan fingerprint density at radius 3 is 2.62 bits per heavy atom. The number of fused-ring (bicyclic) bond motifs is 1. The average Bonchev–Trinajstić information content (AvgIpc) is 3.02. The van der Waals surface area contributed by atoms with Gasteiger partial charge in [-0.05, 0) is 30.8 Å². The van der Waals surface area contributed by atoms with E-state index < -0.39 is 11.9 Å². The van der Waals surface area contributed by atoms with Crippen LogP contribution < -0.4 is 6.15 Å². The summed E-state index contributed by atoms with van der Waals surface area (Å²) in [5.74, 6) is -1.36. The first-order chi connectivity index (χ1) is 12.1. The number of aromatic nitrogens is 1. The van der Waals surface area contributed by atoms with E-state index in [0.717, 1.165) is 28.1 Å². The number of rotatable bonds is 11. The number of aliphatic carboxylic acids is 1. The lowest BCUT2D eigenvalue weighted by Crippen LogP contribution is -2.18. The first-order valence-electron chi connectivity index (χ1n) is 8.85. The van der Waals surface area contributed by atoms with E-state index in [2.05, 4.69) is 11.9 Å². The van der Waals surface area contributed by atoms with Gasteiger partial charge in [-0.3, -0.25) is 4.79 Å². The molecule has 2 aromatic rings. The third kappa shape index (κ3) is 6.97. The highest BCUT2D eigenvalue weighted by Crippen LogP contribution is 2.31. The van der Waals surface area contributed by atoms with E-state index in [9.17, 15) is 9.90 Å². The first-order valence-corrected chi connectivity index (χ1v) is 10.1. The molecule has 2 rings (SSSR count). The van der Waals surface area contributed by atoms with Gasteiger partial charge in [0.1, 0.15) is 5.01 Å². The Labute approximate surface area is 164 Å². The molecule has 0 spiro atoms. The van der Waals surface area contributed by atoms with E-state index in [1.165, 1.54) is 37.0 Å². The van der Waals surface area contributed by atoms with Crippen LogP contribution >= 0.6 is 23.6 Å². The summed E-state index contributed by atoms with van der Waals surface area (Å²) < 4.78 is 6.73. The van der Waals surface area contributed by atoms with Crippen molar-refractivity contribution in [2.75, 3.05) is 6.61 Å². The smallest absolute Gasteiger partial charge is 0.304 e. The number of hydrogen-bond donors (Lipinski definition) is 2. The Morgan fingerprint density at radius 1 is 1.23 bits per heavy atom. The monoisotopic (exact) mass is 396 g/mol. The van der Waals surface area contributed by atoms with Crippen LogP contribution in [-0.4, -0.2) is 27.7 Å². The van der Waals surface area contributed by atoms with Crippen molar-refractivity contribution in [2.45, 2.75) is 57.8 Å². The summed E-state index contributed by atoms with van der Waals surface area (Å²) in [5.41, 5.74) is 0.872. The van der Waals surface area contributed by atoms with Crippen molar-refractivity contribution in [1.82, 2.24) is 11.1 Å². The summed E-state index contributed by atoms with van der Waals surface area (Å²) in [6.07, 6.45) is 6.96. The fourth-order valence-electron chi connectivity index (χ4n) is 2.64. The third-order valence-corrected chi connectivity index (χ3v) is 5.57. The predicted octanol–water partition coefficient (Wildman–Crippen LogP) is 5.72. The quantitative estimate of drug-likeness (QED) is 0.372. The number of ether oxygens (including phenoxy) is 1. The summed E-state index contributed by atoms with van der Waals surface area (Å²) in [7, 11) is 0. The van der Waals surface area contributed by atoms with Crippen molar-refractivity contribution in [3.63, 3.8) is 0 Å². The second kappa shape index (κ2) is 11.9. The number of benzene rings is 1. The molecule has 1 atom stereocenters. The van der Waals surface area contributed by atoms with Gasteiger partial charge >= 0.3 is 5.97 Å². The van der Waals surface area contributed by atoms with Crippen LogP contribution in [0.3, 0.4) is 0 Å². The Morgan fingerprint density at radius 2 is 1.92 bits per heavy atom. The highest BCUT2D eigenvalue weighted by Gasteiger charge is 2.25. The number of thiazole rings is 1. The fraction of sp³-hybridized carbons (Fsp3) is 0.526. The van der Waals surface area contributed by atoms with Crippen molar-refractivity contribution in [1.29, 1.82) is 0 Å². The second-order valence-electron chi connectivity index (χ2n) is 6.11. The minimum absolute atomic E-state index is 0. The van der Waals surface area contributed by atoms with E-state index in [-0.39, 0.29) is 12.6 Å². The van der Waals surface area contributed by atoms with Gasteiger partial charge in [-0.2, -0.15) is 0 Å². The van der Waals surface area contributed by atoms with Crippen LogP contribution in [0.4, 0.5) is 0 Å². The molecule has 0 aliphatic rings. The zero-order chi connectivity index (χ0) is 18.1. The van der Waals surface area contributed by atoms with E-state index in [0.29, 0.717) is 11.7 Å². The van der Waals surface area contributed by atoms with Crippen LogP contribution in [-0.2, 0) is 9.53 Å². The molecular weight excluding hydrogens is 368 g/mol. The highest BCUT2D eigenvalue weighted by molar-refractivity contribution is 7.80. The molecule has 0 aliphatic heterocycles. The minimum atomic E-state index is -0.894. The molecule has 5 nitrogen and oxygen atoms in total. The van der Waals surface area contributed by atoms with Crippen LogP contribution in [0.5, 0.6) is 0 Å². The lowest BCUT2D eigenvalue weighted by Gasteiger charge is -2.15. The van der Waals surface area contributed by atoms with E-state index in [1.807, 2.05) is 24.3 Å². The van der Waals surface area contributed by atoms with Gasteiger partial charge in [0.05, 0.1) is 29.2 Å². The number of para-hydroxylation sites is 1. The van der Waals surface area contributed by atoms with Crippen molar-refractivity contribution in [3.05, 3.63) is 29.3 Å². The second-order valence-corrected chi connectivity index (χ2v) is 7.57. The molecule has 0 amide bonds. The van der Waals surface area contributed by atoms with Crippen molar-refractivity contribution >= 4 is 44.8 Å². The van der Waals surface area contributed by atoms with Gasteiger partial charge in [0.25, 0.3) is 0 Å². The maximum absolute atomic E-state index is 11.2. The molecule has 0 saturated heterocycles. The zero-order valence-corrected chi connectivity index (χ0v) is 16.9. The Hall–Kier alpha value is -1.57. The largest absolute Gasteiger partial charge is 0.486 e. The lowest BCUT2D eigenvalue weighted by molar-refractivity contribution is -0.137. The topological polar surface area (TPSA) is 94.4 Å². The van der Waals surface area contributed by atoms with Gasteiger partial charge in [-0.25, -0.2) is 4.98 Å². The van der Waals surface area contributed by atoms with Gasteiger partial charge in [0, 0.05) is 0 Å². The summed E-state index contributed by atoms with van der Waals surface area (Å²) >= 11 is 6.87. The van der Waals surface area contributed by atoms with Crippen molar-refractivity contribution in [2.24, 2.45) is 0 Å². The molecule has 1 heterocycles. The lowest BCUT2D eigenvalue weighted by atomic mass is 10.1. The number of thiocarbonyl (C=S) groups is 1. The summed E-state index contributed by atoms with van der Waals surface area (Å²) in [6, 6.07) is 7.77. The Balaban J connectivity index is 0.00000338. The third-order valence-electron chi connectivity index (χ3n) is 4.01. The predicted molar refractivity (Wildman–Crippen MR) is 112 cm³/mol. The molecule has 26 heavy (non-hydrogen) atoms. The van der Waals surface area contributed by atoms with Crippen LogP contribution in [0.15, 0.2) is 24.3 Å². The van der Waals surface area contributed by atoms with Gasteiger partial charge in [0.15, 0.2) is 5.05 Å². The Kier molecular flexibility index (Phi) is 10.3. The van der Waals surface area contributed by atoms with Crippen LogP contribution in [0.2, 0.25) is 0 Å². The molecule has 0 radical (unpaired) electrons. The van der Waals surface area contributed by atoms with Crippen LogP contribution in [0.1, 0.15) is 62.8 Å². The maximum atomic E-state index is 11.2. The molecule has 1 aromatic heterocycles. The van der Waals surface area contributed by atoms with Gasteiger partial charge in [0.2, 0.25) is 0 Å². The molecule has 7 heteroatoms. The van der Waals surface area contributed by atoms with Gasteiger partial charge in [-0.1, -0.05) is 51.2 Å². The Bertz CT molecular complexity index is 670. The molecule has 0 bridgehead atoms. The van der Waals surface area contributed by atoms with Crippen LogP contribution in [0, 0.1) is 0 Å². The van der Waals surface area contributed by atoms with Gasteiger partial charge in [-0.15, -0.1) is 11.3 Å². The van der Waals surface area contributed by atoms with Gasteiger partial charge < -0.3 is 16.0 Å². The molecule has 0 aliphatic carbocycles. The first kappa shape index (κ1) is 22.5. The van der Waals surface area contributed by atoms with Crippen molar-refractivity contribution < 1.29 is 14.6 Å². The molecule has 1 aromatic carbocycles. The highest BCUT2D eigenvalue weighted by atomic mass is 32.1. The number of carboxylic acid groups (broad SMARTS) is 1. The van der Waals surface area contributed by atoms with E-state index >= 15 is 0 Å². The molecular formula is C19H28N2O3S2. The number of unbranched alkanes of at least 4 members (excludes halogenated alkanes) is 5. The molecule has 144 valence electrons. The summed E-state index contributed by atoms with van der Waals surface area (Å²) in [4.78, 5) is 15.8. The number of hydrogen-bond acceptors (Lipinski definition) is 6. The minimum Gasteiger partial charge on any atom is -0.486 e. The number of carbonyl (C=O) groups is 1. The normalized spacial score (nSPS) is 11.7. The maximum Gasteiger partial charge on any atom is 0.304 e. The number of carboxylic acids is 1. The standard InChI is InChI=1S/C19H25NO3S2.H3N/c1-2-3-4-5-6-9-12-23-19(24)14(13-17(21)22)18-20-15-10-7-8-11-16(15)25-18;/h7-8,10-11,14H,2-6,9,12-13H2,1H3,(H,21,22);1H3. The van der Waals surface area contributed by atoms with Crippen LogP contribution in [0.25, 0.3) is 10.2 Å². The summed E-state index contributed by atoms with van der Waals surface area (Å²) in [6.45, 7) is 2.75. The molecule has 0 fully saturated rings. The zero-order valence-electron chi connectivity index (χ0n) is 15.3. The molecule has 1 unspecified atom stereocenters. The van der Waals surface area contributed by atoms with E-state index in [1.54, 1.807) is 0 Å². The average molecular weight is 397 g/mol. The van der Waals surface area contributed by atoms with E-state index in [4.69, 9.17) is 17.0 Å². The summed E-state index contributed by atoms with van der Waals surface area (Å²) in [5, 5.41) is 10.3. The molecule has 4 N–H and O–H groups in total. The SMILES string of the molecule is CCCCCCCCOC(=S)C(CC(=O)O)c1nc2ccccc2s1.N. The van der Waals surface area contributed by atoms with Crippen molar-refractivity contribution in [3.8, 4) is 0 Å². The fourth-order valence-corrected chi connectivity index (χ4v) is 4.06.